The van der Waals surface area contributed by atoms with Crippen LogP contribution in [0.25, 0.3) is 16.6 Å². The molecule has 0 bridgehead atoms. The molecule has 4 aromatic heterocycles. The average Bonchev–Trinajstić information content (AvgIpc) is 3.42. The number of anilines is 1. The summed E-state index contributed by atoms with van der Waals surface area (Å²) in [6, 6.07) is 9.73. The van der Waals surface area contributed by atoms with Gasteiger partial charge < -0.3 is 14.6 Å². The molecular weight excluding hydrogens is 426 g/mol. The lowest BCUT2D eigenvalue weighted by Gasteiger charge is -2.27. The van der Waals surface area contributed by atoms with Crippen molar-refractivity contribution in [1.29, 1.82) is 0 Å². The van der Waals surface area contributed by atoms with E-state index in [9.17, 15) is 10.1 Å². The molecule has 0 atom stereocenters. The van der Waals surface area contributed by atoms with Gasteiger partial charge in [0, 0.05) is 29.2 Å². The van der Waals surface area contributed by atoms with Gasteiger partial charge in [0.25, 0.3) is 0 Å². The van der Waals surface area contributed by atoms with E-state index in [0.29, 0.717) is 24.4 Å². The Morgan fingerprint density at radius 2 is 2.12 bits per heavy atom. The summed E-state index contributed by atoms with van der Waals surface area (Å²) in [6.07, 6.45) is 3.44. The van der Waals surface area contributed by atoms with Crippen molar-refractivity contribution in [3.63, 3.8) is 0 Å². The monoisotopic (exact) mass is 443 g/mol. The molecule has 0 spiro atoms. The third kappa shape index (κ3) is 3.11. The lowest BCUT2D eigenvalue weighted by atomic mass is 10.0. The number of aromatic amines is 1. The summed E-state index contributed by atoms with van der Waals surface area (Å²) in [5, 5.41) is 25.4. The predicted octanol–water partition coefficient (Wildman–Crippen LogP) is 2.97. The lowest BCUT2D eigenvalue weighted by molar-refractivity contribution is -0.385. The van der Waals surface area contributed by atoms with Gasteiger partial charge in [0.2, 0.25) is 11.5 Å². The summed E-state index contributed by atoms with van der Waals surface area (Å²) in [4.78, 5) is 25.2. The second-order valence-corrected chi connectivity index (χ2v) is 7.76. The van der Waals surface area contributed by atoms with E-state index in [1.165, 1.54) is 28.1 Å². The van der Waals surface area contributed by atoms with Crippen LogP contribution in [0.3, 0.4) is 0 Å². The summed E-state index contributed by atoms with van der Waals surface area (Å²) in [7, 11) is 0. The summed E-state index contributed by atoms with van der Waals surface area (Å²) < 4.78 is 7.33. The fourth-order valence-corrected chi connectivity index (χ4v) is 4.29. The first-order valence-corrected chi connectivity index (χ1v) is 10.3. The number of para-hydroxylation sites is 1. The normalized spacial score (nSPS) is 13.4. The number of aryl methyl sites for hydroxylation is 1. The molecule has 6 rings (SSSR count). The Morgan fingerprint density at radius 1 is 1.24 bits per heavy atom. The van der Waals surface area contributed by atoms with E-state index in [-0.39, 0.29) is 23.1 Å². The minimum absolute atomic E-state index is 0.164. The second-order valence-electron chi connectivity index (χ2n) is 7.76. The third-order valence-corrected chi connectivity index (χ3v) is 5.70. The van der Waals surface area contributed by atoms with Crippen molar-refractivity contribution in [3.05, 3.63) is 70.1 Å². The van der Waals surface area contributed by atoms with Gasteiger partial charge in [-0.25, -0.2) is 4.98 Å². The molecule has 0 aliphatic carbocycles. The number of nitrogens with zero attached hydrogens (tertiary/aromatic N) is 8. The highest BCUT2D eigenvalue weighted by Crippen LogP contribution is 2.39. The maximum atomic E-state index is 12.1. The maximum Gasteiger partial charge on any atom is 0.373 e. The van der Waals surface area contributed by atoms with E-state index in [1.54, 1.807) is 13.0 Å². The van der Waals surface area contributed by atoms with Crippen LogP contribution in [-0.4, -0.2) is 46.2 Å². The van der Waals surface area contributed by atoms with Gasteiger partial charge in [-0.15, -0.1) is 10.2 Å². The summed E-state index contributed by atoms with van der Waals surface area (Å²) in [5.74, 6) is 0.310. The highest BCUT2D eigenvalue weighted by Gasteiger charge is 2.32. The Balaban J connectivity index is 1.40. The SMILES string of the molecule is Cc1cc(Oc2ncnc(N3CCc4c([nH]c5ccccc45)C3)c2[N+](=O)[O-])c2nncn2n1. The number of hydrogen-bond acceptors (Lipinski definition) is 9. The third-order valence-electron chi connectivity index (χ3n) is 5.70. The van der Waals surface area contributed by atoms with Crippen molar-refractivity contribution < 1.29 is 9.66 Å². The van der Waals surface area contributed by atoms with Crippen LogP contribution in [-0.2, 0) is 13.0 Å². The molecule has 0 amide bonds. The Kier molecular flexibility index (Phi) is 4.18. The second kappa shape index (κ2) is 7.22. The van der Waals surface area contributed by atoms with Gasteiger partial charge in [0.15, 0.2) is 5.75 Å². The number of fused-ring (bicyclic) bond motifs is 4. The molecule has 0 fully saturated rings. The topological polar surface area (TPSA) is 140 Å². The van der Waals surface area contributed by atoms with E-state index < -0.39 is 4.92 Å². The van der Waals surface area contributed by atoms with Crippen molar-refractivity contribution in [2.45, 2.75) is 19.9 Å². The van der Waals surface area contributed by atoms with E-state index in [0.717, 1.165) is 17.6 Å². The van der Waals surface area contributed by atoms with Crippen LogP contribution < -0.4 is 9.64 Å². The van der Waals surface area contributed by atoms with Gasteiger partial charge in [0.05, 0.1) is 17.2 Å². The zero-order valence-corrected chi connectivity index (χ0v) is 17.5. The molecule has 0 radical (unpaired) electrons. The van der Waals surface area contributed by atoms with Gasteiger partial charge in [-0.1, -0.05) is 18.2 Å². The highest BCUT2D eigenvalue weighted by molar-refractivity contribution is 5.85. The number of hydrogen-bond donors (Lipinski definition) is 1. The van der Waals surface area contributed by atoms with E-state index >= 15 is 0 Å². The molecule has 1 N–H and O–H groups in total. The summed E-state index contributed by atoms with van der Waals surface area (Å²) in [6.45, 7) is 2.82. The van der Waals surface area contributed by atoms with Crippen molar-refractivity contribution >= 4 is 28.1 Å². The van der Waals surface area contributed by atoms with Crippen LogP contribution in [0.5, 0.6) is 11.6 Å². The van der Waals surface area contributed by atoms with Crippen LogP contribution in [0.15, 0.2) is 43.0 Å². The molecule has 12 heteroatoms. The Hall–Kier alpha value is -4.61. The highest BCUT2D eigenvalue weighted by atomic mass is 16.6. The molecule has 0 saturated heterocycles. The molecule has 0 unspecified atom stereocenters. The Morgan fingerprint density at radius 3 is 3.00 bits per heavy atom. The lowest BCUT2D eigenvalue weighted by Crippen LogP contribution is -2.31. The molecular formula is C21H17N9O3. The zero-order valence-electron chi connectivity index (χ0n) is 17.5. The first-order chi connectivity index (χ1) is 16.1. The van der Waals surface area contributed by atoms with Crippen LogP contribution in [0.2, 0.25) is 0 Å². The number of H-pyrrole nitrogens is 1. The number of rotatable bonds is 4. The average molecular weight is 443 g/mol. The van der Waals surface area contributed by atoms with Crippen molar-refractivity contribution in [2.24, 2.45) is 0 Å². The van der Waals surface area contributed by atoms with Gasteiger partial charge >= 0.3 is 11.6 Å². The van der Waals surface area contributed by atoms with Crippen molar-refractivity contribution in [2.75, 3.05) is 11.4 Å². The molecule has 12 nitrogen and oxygen atoms in total. The number of nitrogens with one attached hydrogen (secondary N) is 1. The van der Waals surface area contributed by atoms with Crippen LogP contribution in [0.1, 0.15) is 17.0 Å². The van der Waals surface area contributed by atoms with Crippen molar-refractivity contribution in [3.8, 4) is 11.6 Å². The zero-order chi connectivity index (χ0) is 22.5. The first-order valence-electron chi connectivity index (χ1n) is 10.3. The Bertz CT molecular complexity index is 1540. The minimum atomic E-state index is -0.513. The van der Waals surface area contributed by atoms with Gasteiger partial charge in [0.1, 0.15) is 12.7 Å². The number of benzene rings is 1. The number of nitro groups is 1. The molecule has 164 valence electrons. The standard InChI is InChI=1S/C21H17N9O3/c1-12-8-17(19-26-24-11-29(19)27-12)33-21-18(30(31)32)20(22-10-23-21)28-7-6-14-13-4-2-3-5-15(13)25-16(14)9-28/h2-5,8,10-11,25H,6-7,9H2,1H3. The molecule has 5 heterocycles. The predicted molar refractivity (Wildman–Crippen MR) is 117 cm³/mol. The smallest absolute Gasteiger partial charge is 0.373 e. The quantitative estimate of drug-likeness (QED) is 0.328. The maximum absolute atomic E-state index is 12.1. The number of ether oxygens (including phenoxy) is 1. The molecule has 1 aliphatic rings. The minimum Gasteiger partial charge on any atom is -0.429 e. The van der Waals surface area contributed by atoms with Gasteiger partial charge in [-0.3, -0.25) is 10.1 Å². The van der Waals surface area contributed by atoms with Crippen molar-refractivity contribution in [1.82, 2.24) is 34.8 Å². The fourth-order valence-electron chi connectivity index (χ4n) is 4.29. The van der Waals surface area contributed by atoms with Crippen LogP contribution in [0.4, 0.5) is 11.5 Å². The molecule has 0 saturated carbocycles. The summed E-state index contributed by atoms with van der Waals surface area (Å²) >= 11 is 0. The van der Waals surface area contributed by atoms with Gasteiger partial charge in [-0.05, 0) is 25.0 Å². The molecule has 1 aliphatic heterocycles. The molecule has 33 heavy (non-hydrogen) atoms. The van der Waals surface area contributed by atoms with Crippen LogP contribution in [0, 0.1) is 17.0 Å². The fraction of sp³-hybridized carbons (Fsp3) is 0.190. The van der Waals surface area contributed by atoms with E-state index in [2.05, 4.69) is 36.3 Å². The molecule has 5 aromatic rings. The number of aromatic nitrogens is 7. The van der Waals surface area contributed by atoms with E-state index in [4.69, 9.17) is 4.74 Å². The van der Waals surface area contributed by atoms with E-state index in [1.807, 2.05) is 23.1 Å². The Labute approximate surface area is 186 Å². The largest absolute Gasteiger partial charge is 0.429 e. The van der Waals surface area contributed by atoms with Gasteiger partial charge in [-0.2, -0.15) is 14.6 Å². The molecule has 1 aromatic carbocycles. The summed E-state index contributed by atoms with van der Waals surface area (Å²) in [5.41, 5.74) is 3.97. The first kappa shape index (κ1) is 19.1. The van der Waals surface area contributed by atoms with Crippen LogP contribution >= 0.6 is 0 Å².